The Morgan fingerprint density at radius 1 is 1.12 bits per heavy atom. The minimum absolute atomic E-state index is 0.0404. The highest BCUT2D eigenvalue weighted by atomic mass is 19.3. The summed E-state index contributed by atoms with van der Waals surface area (Å²) in [6.07, 6.45) is 5.60. The number of hydrogen-bond donors (Lipinski definition) is 1. The molecule has 4 heterocycles. The van der Waals surface area contributed by atoms with E-state index in [-0.39, 0.29) is 17.8 Å². The van der Waals surface area contributed by atoms with Crippen LogP contribution in [0.25, 0.3) is 5.52 Å². The Kier molecular flexibility index (Phi) is 8.75. The van der Waals surface area contributed by atoms with Crippen LogP contribution in [0.15, 0.2) is 48.8 Å². The average Bonchev–Trinajstić information content (AvgIpc) is 3.49. The molecule has 1 amide bonds. The molecule has 1 N–H and O–H groups in total. The second kappa shape index (κ2) is 11.7. The van der Waals surface area contributed by atoms with Gasteiger partial charge in [-0.3, -0.25) is 4.79 Å². The zero-order valence-corrected chi connectivity index (χ0v) is 19.2. The Morgan fingerprint density at radius 2 is 1.76 bits per heavy atom. The molecule has 2 fully saturated rings. The molecule has 0 atom stereocenters. The number of amides is 1. The van der Waals surface area contributed by atoms with Gasteiger partial charge in [0.2, 0.25) is 0 Å². The molecule has 0 unspecified atom stereocenters. The summed E-state index contributed by atoms with van der Waals surface area (Å²) in [5, 5.41) is 13.6. The van der Waals surface area contributed by atoms with Crippen LogP contribution in [0.5, 0.6) is 5.75 Å². The van der Waals surface area contributed by atoms with Gasteiger partial charge in [0.15, 0.2) is 0 Å². The number of aromatic nitrogens is 2. The number of carbonyl (C=O) groups is 1. The third-order valence-corrected chi connectivity index (χ3v) is 5.40. The molecule has 10 heteroatoms. The number of benzene rings is 1. The molecular weight excluding hydrogens is 449 g/mol. The van der Waals surface area contributed by atoms with Crippen molar-refractivity contribution >= 4 is 17.1 Å². The van der Waals surface area contributed by atoms with Crippen molar-refractivity contribution in [3.63, 3.8) is 0 Å². The van der Waals surface area contributed by atoms with Gasteiger partial charge in [-0.2, -0.15) is 13.9 Å². The molecule has 2 aromatic heterocycles. The maximum atomic E-state index is 12.4. The van der Waals surface area contributed by atoms with Gasteiger partial charge in [-0.05, 0) is 49.2 Å². The lowest BCUT2D eigenvalue weighted by Gasteiger charge is -2.35. The Hall–Kier alpha value is -3.27. The number of rotatable bonds is 4. The third kappa shape index (κ3) is 6.19. The Labute approximate surface area is 196 Å². The summed E-state index contributed by atoms with van der Waals surface area (Å²) < 4.78 is 40.9. The molecule has 0 radical (unpaired) electrons. The lowest BCUT2D eigenvalue weighted by atomic mass is 10.1. The lowest BCUT2D eigenvalue weighted by molar-refractivity contribution is -0.0498. The number of anilines is 1. The first-order valence-corrected chi connectivity index (χ1v) is 11.3. The second-order valence-electron chi connectivity index (χ2n) is 7.66. The summed E-state index contributed by atoms with van der Waals surface area (Å²) in [7, 11) is 0. The molecule has 3 aromatic rings. The molecule has 2 aliphatic rings. The maximum absolute atomic E-state index is 12.4. The number of carbonyl (C=O) groups excluding carboxylic acids is 1. The monoisotopic (exact) mass is 478 g/mol. The van der Waals surface area contributed by atoms with E-state index in [9.17, 15) is 23.1 Å². The normalized spacial score (nSPS) is 15.4. The molecule has 0 spiro atoms. The maximum Gasteiger partial charge on any atom is 0.387 e. The predicted octanol–water partition coefficient (Wildman–Crippen LogP) is 4.20. The minimum Gasteiger partial charge on any atom is -0.435 e. The fraction of sp³-hybridized carbons (Fsp3) is 0.417. The van der Waals surface area contributed by atoms with E-state index in [1.54, 1.807) is 15.6 Å². The smallest absolute Gasteiger partial charge is 0.387 e. The lowest BCUT2D eigenvalue weighted by Crippen LogP contribution is -2.53. The quantitative estimate of drug-likeness (QED) is 0.609. The van der Waals surface area contributed by atoms with Gasteiger partial charge in [0.05, 0.1) is 23.4 Å². The fourth-order valence-electron chi connectivity index (χ4n) is 3.71. The number of fused-ring (bicyclic) bond motifs is 1. The molecular formula is C24H29F3N4O3. The topological polar surface area (TPSA) is 70.3 Å². The number of hydrogen-bond acceptors (Lipinski definition) is 5. The van der Waals surface area contributed by atoms with E-state index < -0.39 is 12.4 Å². The van der Waals surface area contributed by atoms with E-state index in [4.69, 9.17) is 0 Å². The van der Waals surface area contributed by atoms with E-state index in [0.717, 1.165) is 48.6 Å². The highest BCUT2D eigenvalue weighted by Gasteiger charge is 2.31. The first-order chi connectivity index (χ1) is 16.4. The molecule has 34 heavy (non-hydrogen) atoms. The summed E-state index contributed by atoms with van der Waals surface area (Å²) in [6, 6.07) is 8.48. The first-order valence-electron chi connectivity index (χ1n) is 11.3. The summed E-state index contributed by atoms with van der Waals surface area (Å²) in [4.78, 5) is 16.4. The zero-order valence-electron chi connectivity index (χ0n) is 19.2. The van der Waals surface area contributed by atoms with Crippen LogP contribution < -0.4 is 9.64 Å². The summed E-state index contributed by atoms with van der Waals surface area (Å²) in [5.74, 6) is -0.568. The van der Waals surface area contributed by atoms with Crippen LogP contribution in [0.4, 0.5) is 18.9 Å². The third-order valence-electron chi connectivity index (χ3n) is 5.40. The summed E-state index contributed by atoms with van der Waals surface area (Å²) in [6.45, 7) is 4.13. The van der Waals surface area contributed by atoms with Gasteiger partial charge in [-0.1, -0.05) is 13.8 Å². The fourth-order valence-corrected chi connectivity index (χ4v) is 3.71. The van der Waals surface area contributed by atoms with Gasteiger partial charge in [0.25, 0.3) is 5.91 Å². The van der Waals surface area contributed by atoms with Crippen LogP contribution in [0.1, 0.15) is 37.0 Å². The van der Waals surface area contributed by atoms with Gasteiger partial charge in [0, 0.05) is 38.1 Å². The number of likely N-dealkylation sites (tertiary alicyclic amines) is 1. The van der Waals surface area contributed by atoms with Crippen molar-refractivity contribution in [3.8, 4) is 5.75 Å². The summed E-state index contributed by atoms with van der Waals surface area (Å²) >= 11 is 0. The van der Waals surface area contributed by atoms with Gasteiger partial charge in [0.1, 0.15) is 11.6 Å². The largest absolute Gasteiger partial charge is 0.435 e. The first kappa shape index (κ1) is 25.4. The van der Waals surface area contributed by atoms with Crippen LogP contribution in [0.3, 0.4) is 0 Å². The minimum atomic E-state index is -2.86. The zero-order chi connectivity index (χ0) is 24.7. The van der Waals surface area contributed by atoms with Crippen molar-refractivity contribution < 1.29 is 27.8 Å². The summed E-state index contributed by atoms with van der Waals surface area (Å²) in [5.41, 5.74) is 2.60. The molecule has 5 rings (SSSR count). The van der Waals surface area contributed by atoms with Crippen LogP contribution in [-0.2, 0) is 0 Å². The highest BCUT2D eigenvalue weighted by molar-refractivity contribution is 6.01. The molecule has 1 aromatic carbocycles. The van der Waals surface area contributed by atoms with Crippen LogP contribution in [0.2, 0.25) is 0 Å². The molecule has 0 bridgehead atoms. The van der Waals surface area contributed by atoms with Crippen molar-refractivity contribution in [1.29, 1.82) is 0 Å². The molecule has 2 aliphatic heterocycles. The number of aliphatic hydroxyl groups is 1. The number of nitrogens with zero attached hydrogens (tertiary/aromatic N) is 4. The van der Waals surface area contributed by atoms with Crippen LogP contribution in [0, 0.1) is 5.82 Å². The van der Waals surface area contributed by atoms with E-state index in [1.165, 1.54) is 12.8 Å². The molecule has 2 saturated heterocycles. The van der Waals surface area contributed by atoms with E-state index in [2.05, 4.69) is 14.7 Å². The number of pyridine rings is 1. The number of alkyl halides is 2. The van der Waals surface area contributed by atoms with Crippen molar-refractivity contribution in [1.82, 2.24) is 14.5 Å². The molecule has 184 valence electrons. The van der Waals surface area contributed by atoms with Crippen molar-refractivity contribution in [3.05, 3.63) is 60.2 Å². The highest BCUT2D eigenvalue weighted by Crippen LogP contribution is 2.24. The molecule has 0 saturated carbocycles. The Balaban J connectivity index is 0.000000212. The van der Waals surface area contributed by atoms with Crippen LogP contribution in [-0.4, -0.2) is 64.4 Å². The number of ether oxygens (including phenoxy) is 1. The molecule has 7 nitrogen and oxygen atoms in total. The van der Waals surface area contributed by atoms with E-state index in [1.807, 2.05) is 32.2 Å². The van der Waals surface area contributed by atoms with Crippen LogP contribution >= 0.6 is 0 Å². The van der Waals surface area contributed by atoms with Gasteiger partial charge in [-0.25, -0.2) is 8.91 Å². The number of aliphatic hydroxyl groups excluding tert-OH is 1. The number of halogens is 3. The van der Waals surface area contributed by atoms with E-state index in [0.29, 0.717) is 18.7 Å². The second-order valence-corrected chi connectivity index (χ2v) is 7.66. The van der Waals surface area contributed by atoms with E-state index >= 15 is 0 Å². The average molecular weight is 479 g/mol. The van der Waals surface area contributed by atoms with Crippen molar-refractivity contribution in [2.45, 2.75) is 39.4 Å². The predicted molar refractivity (Wildman–Crippen MR) is 123 cm³/mol. The number of β-amino-alcohol motifs (C(OH)–C–C–N with tert-alkyl or cyclic N) is 1. The SMILES string of the molecule is CC.Fc1ccc(OC(F)F)cc1.O=C(c1cnn2ccc(N3CCCC3)cc12)N1CC(O)C1. The van der Waals surface area contributed by atoms with Gasteiger partial charge < -0.3 is 19.6 Å². The van der Waals surface area contributed by atoms with Gasteiger partial charge >= 0.3 is 6.61 Å². The Morgan fingerprint density at radius 3 is 2.35 bits per heavy atom. The Bertz CT molecular complexity index is 1060. The molecule has 0 aliphatic carbocycles. The van der Waals surface area contributed by atoms with Crippen molar-refractivity contribution in [2.75, 3.05) is 31.1 Å². The standard InChI is InChI=1S/C15H18N4O2.C7H5F3O.C2H6/c20-12-9-18(10-12)15(21)13-8-16-19-6-3-11(7-14(13)19)17-4-1-2-5-17;8-5-1-3-6(4-2-5)11-7(9)10;1-2/h3,6-8,12,20H,1-2,4-5,9-10H2;1-4,7H;1-2H3. The van der Waals surface area contributed by atoms with Crippen molar-refractivity contribution in [2.24, 2.45) is 0 Å². The van der Waals surface area contributed by atoms with Gasteiger partial charge in [-0.15, -0.1) is 0 Å².